The normalized spacial score (nSPS) is 13.5. The van der Waals surface area contributed by atoms with E-state index in [1.54, 1.807) is 18.2 Å². The number of rotatable bonds is 4. The van der Waals surface area contributed by atoms with Gasteiger partial charge in [-0.05, 0) is 49.1 Å². The zero-order chi connectivity index (χ0) is 19.0. The van der Waals surface area contributed by atoms with Gasteiger partial charge in [0.1, 0.15) is 5.82 Å². The number of non-ortho nitro benzene ring substituents is 1. The lowest BCUT2D eigenvalue weighted by atomic mass is 9.96. The van der Waals surface area contributed by atoms with Crippen molar-refractivity contribution in [1.29, 1.82) is 0 Å². The fourth-order valence-electron chi connectivity index (χ4n) is 3.41. The molecule has 0 fully saturated rings. The van der Waals surface area contributed by atoms with E-state index >= 15 is 0 Å². The zero-order valence-corrected chi connectivity index (χ0v) is 14.7. The molecule has 0 amide bonds. The van der Waals surface area contributed by atoms with E-state index in [1.165, 1.54) is 18.2 Å². The van der Waals surface area contributed by atoms with Crippen LogP contribution < -0.4 is 4.90 Å². The van der Waals surface area contributed by atoms with Crippen LogP contribution in [0.25, 0.3) is 11.4 Å². The Balaban J connectivity index is 1.58. The predicted octanol–water partition coefficient (Wildman–Crippen LogP) is 4.05. The molecule has 0 atom stereocenters. The monoisotopic (exact) mass is 368 g/mol. The van der Waals surface area contributed by atoms with Gasteiger partial charge in [0.2, 0.25) is 11.7 Å². The summed E-state index contributed by atoms with van der Waals surface area (Å²) >= 11 is 0. The van der Waals surface area contributed by atoms with Crippen LogP contribution >= 0.6 is 0 Å². The molecule has 0 N–H and O–H groups in total. The smallest absolute Gasteiger partial charge is 0.269 e. The Bertz CT molecular complexity index is 1000. The van der Waals surface area contributed by atoms with Gasteiger partial charge in [0.25, 0.3) is 5.69 Å². The minimum atomic E-state index is -0.463. The van der Waals surface area contributed by atoms with E-state index < -0.39 is 4.92 Å². The predicted molar refractivity (Wildman–Crippen MR) is 96.9 cm³/mol. The maximum atomic E-state index is 14.4. The van der Waals surface area contributed by atoms with Gasteiger partial charge in [0.05, 0.1) is 17.2 Å². The standard InChI is InChI=1S/C19H17FN4O3/c1-12-4-9-16(20)18-15(12)3-2-10-23(18)11-17-21-19(22-27-17)13-5-7-14(8-6-13)24(25)26/h4-9H,2-3,10-11H2,1H3. The molecule has 0 unspecified atom stereocenters. The molecule has 8 heteroatoms. The first-order valence-corrected chi connectivity index (χ1v) is 8.63. The van der Waals surface area contributed by atoms with Crippen molar-refractivity contribution in [1.82, 2.24) is 10.1 Å². The van der Waals surface area contributed by atoms with E-state index in [0.717, 1.165) is 24.0 Å². The van der Waals surface area contributed by atoms with Crippen LogP contribution in [0.5, 0.6) is 0 Å². The van der Waals surface area contributed by atoms with Crippen molar-refractivity contribution in [3.05, 3.63) is 69.3 Å². The van der Waals surface area contributed by atoms with Crippen LogP contribution in [0, 0.1) is 22.9 Å². The number of aryl methyl sites for hydroxylation is 1. The second kappa shape index (κ2) is 6.79. The first-order valence-electron chi connectivity index (χ1n) is 8.63. The number of benzene rings is 2. The van der Waals surface area contributed by atoms with E-state index in [2.05, 4.69) is 10.1 Å². The molecule has 3 aromatic rings. The Kier molecular flexibility index (Phi) is 4.31. The number of hydrogen-bond donors (Lipinski definition) is 0. The Labute approximate surface area is 154 Å². The Hall–Kier alpha value is -3.29. The molecule has 0 saturated heterocycles. The van der Waals surface area contributed by atoms with Crippen molar-refractivity contribution in [2.75, 3.05) is 11.4 Å². The van der Waals surface area contributed by atoms with Crippen LogP contribution in [0.2, 0.25) is 0 Å². The Morgan fingerprint density at radius 1 is 1.26 bits per heavy atom. The summed E-state index contributed by atoms with van der Waals surface area (Å²) in [4.78, 5) is 16.6. The van der Waals surface area contributed by atoms with Crippen molar-refractivity contribution in [3.8, 4) is 11.4 Å². The van der Waals surface area contributed by atoms with E-state index in [0.29, 0.717) is 36.1 Å². The maximum Gasteiger partial charge on any atom is 0.269 e. The largest absolute Gasteiger partial charge is 0.360 e. The Morgan fingerprint density at radius 2 is 2.04 bits per heavy atom. The number of hydrogen-bond acceptors (Lipinski definition) is 6. The van der Waals surface area contributed by atoms with Gasteiger partial charge in [-0.15, -0.1) is 0 Å². The number of anilines is 1. The van der Waals surface area contributed by atoms with E-state index in [1.807, 2.05) is 11.8 Å². The Morgan fingerprint density at radius 3 is 2.78 bits per heavy atom. The number of aromatic nitrogens is 2. The van der Waals surface area contributed by atoms with Crippen LogP contribution in [0.4, 0.5) is 15.8 Å². The number of halogens is 1. The number of nitro groups is 1. The van der Waals surface area contributed by atoms with Gasteiger partial charge in [-0.2, -0.15) is 4.98 Å². The van der Waals surface area contributed by atoms with Crippen molar-refractivity contribution < 1.29 is 13.8 Å². The number of nitro benzene ring substituents is 1. The average molecular weight is 368 g/mol. The molecular weight excluding hydrogens is 351 g/mol. The maximum absolute atomic E-state index is 14.4. The molecule has 0 bridgehead atoms. The molecule has 1 aromatic heterocycles. The van der Waals surface area contributed by atoms with Gasteiger partial charge in [0.15, 0.2) is 0 Å². The van der Waals surface area contributed by atoms with Crippen molar-refractivity contribution in [2.24, 2.45) is 0 Å². The third-order valence-corrected chi connectivity index (χ3v) is 4.77. The zero-order valence-electron chi connectivity index (χ0n) is 14.7. The summed E-state index contributed by atoms with van der Waals surface area (Å²) in [5.74, 6) is 0.476. The highest BCUT2D eigenvalue weighted by molar-refractivity contribution is 5.60. The molecule has 0 aliphatic carbocycles. The lowest BCUT2D eigenvalue weighted by Crippen LogP contribution is -2.30. The van der Waals surface area contributed by atoms with Gasteiger partial charge in [-0.3, -0.25) is 10.1 Å². The number of fused-ring (bicyclic) bond motifs is 1. The lowest BCUT2D eigenvalue weighted by Gasteiger charge is -2.31. The molecule has 7 nitrogen and oxygen atoms in total. The van der Waals surface area contributed by atoms with Crippen molar-refractivity contribution in [2.45, 2.75) is 26.3 Å². The first-order chi connectivity index (χ1) is 13.0. The highest BCUT2D eigenvalue weighted by Gasteiger charge is 2.24. The molecular formula is C19H17FN4O3. The quantitative estimate of drug-likeness (QED) is 0.510. The second-order valence-corrected chi connectivity index (χ2v) is 6.53. The van der Waals surface area contributed by atoms with Crippen molar-refractivity contribution >= 4 is 11.4 Å². The third kappa shape index (κ3) is 3.25. The molecule has 27 heavy (non-hydrogen) atoms. The van der Waals surface area contributed by atoms with E-state index in [9.17, 15) is 14.5 Å². The topological polar surface area (TPSA) is 85.3 Å². The minimum absolute atomic E-state index is 0.00163. The molecule has 138 valence electrons. The number of nitrogens with zero attached hydrogens (tertiary/aromatic N) is 4. The van der Waals surface area contributed by atoms with Crippen LogP contribution in [-0.4, -0.2) is 21.6 Å². The van der Waals surface area contributed by atoms with Gasteiger partial charge >= 0.3 is 0 Å². The summed E-state index contributed by atoms with van der Waals surface area (Å²) in [7, 11) is 0. The molecule has 1 aliphatic rings. The van der Waals surface area contributed by atoms with Crippen LogP contribution in [-0.2, 0) is 13.0 Å². The summed E-state index contributed by atoms with van der Waals surface area (Å²) in [5.41, 5.74) is 3.33. The lowest BCUT2D eigenvalue weighted by molar-refractivity contribution is -0.384. The molecule has 2 heterocycles. The van der Waals surface area contributed by atoms with Gasteiger partial charge in [0, 0.05) is 24.2 Å². The van der Waals surface area contributed by atoms with Gasteiger partial charge < -0.3 is 9.42 Å². The summed E-state index contributed by atoms with van der Waals surface area (Å²) < 4.78 is 19.7. The van der Waals surface area contributed by atoms with Crippen molar-refractivity contribution in [3.63, 3.8) is 0 Å². The van der Waals surface area contributed by atoms with Crippen LogP contribution in [0.15, 0.2) is 40.9 Å². The summed E-state index contributed by atoms with van der Waals surface area (Å²) in [5, 5.41) is 14.7. The van der Waals surface area contributed by atoms with Gasteiger partial charge in [-0.1, -0.05) is 11.2 Å². The molecule has 4 rings (SSSR count). The highest BCUT2D eigenvalue weighted by atomic mass is 19.1. The summed E-state index contributed by atoms with van der Waals surface area (Å²) in [6.45, 7) is 3.01. The fraction of sp³-hybridized carbons (Fsp3) is 0.263. The van der Waals surface area contributed by atoms with Crippen LogP contribution in [0.3, 0.4) is 0 Å². The minimum Gasteiger partial charge on any atom is -0.360 e. The SMILES string of the molecule is Cc1ccc(F)c2c1CCCN2Cc1nc(-c2ccc([N+](=O)[O-])cc2)no1. The highest BCUT2D eigenvalue weighted by Crippen LogP contribution is 2.33. The van der Waals surface area contributed by atoms with Crippen LogP contribution in [0.1, 0.15) is 23.4 Å². The van der Waals surface area contributed by atoms with E-state index in [-0.39, 0.29) is 11.5 Å². The van der Waals surface area contributed by atoms with Gasteiger partial charge in [-0.25, -0.2) is 4.39 Å². The third-order valence-electron chi connectivity index (χ3n) is 4.77. The second-order valence-electron chi connectivity index (χ2n) is 6.53. The fourth-order valence-corrected chi connectivity index (χ4v) is 3.41. The first kappa shape index (κ1) is 17.1. The molecule has 2 aromatic carbocycles. The summed E-state index contributed by atoms with van der Waals surface area (Å²) in [6.07, 6.45) is 1.79. The molecule has 0 spiro atoms. The summed E-state index contributed by atoms with van der Waals surface area (Å²) in [6, 6.07) is 9.23. The molecule has 0 radical (unpaired) electrons. The molecule has 1 aliphatic heterocycles. The molecule has 0 saturated carbocycles. The average Bonchev–Trinajstić information content (AvgIpc) is 3.13. The van der Waals surface area contributed by atoms with E-state index in [4.69, 9.17) is 4.52 Å².